The Kier molecular flexibility index (Phi) is 5.32. The second-order valence-corrected chi connectivity index (χ2v) is 7.56. The maximum Gasteiger partial charge on any atom is 0.179 e. The van der Waals surface area contributed by atoms with E-state index in [1.54, 1.807) is 31.3 Å². The van der Waals surface area contributed by atoms with Crippen LogP contribution in [0.15, 0.2) is 42.2 Å². The lowest BCUT2D eigenvalue weighted by Gasteiger charge is -2.14. The smallest absolute Gasteiger partial charge is 0.179 e. The molecule has 9 heteroatoms. The van der Waals surface area contributed by atoms with Gasteiger partial charge in [0.05, 0.1) is 29.4 Å². The number of fused-ring (bicyclic) bond motifs is 3. The number of halogens is 2. The van der Waals surface area contributed by atoms with Crippen molar-refractivity contribution >= 4 is 39.6 Å². The molecule has 4 aromatic rings. The molecule has 0 aliphatic heterocycles. The fourth-order valence-electron chi connectivity index (χ4n) is 3.63. The molecule has 0 aliphatic rings. The molecule has 0 aliphatic carbocycles. The van der Waals surface area contributed by atoms with Gasteiger partial charge in [0.25, 0.3) is 0 Å². The molecule has 158 valence electrons. The van der Waals surface area contributed by atoms with Gasteiger partial charge in [-0.05, 0) is 37.6 Å². The minimum absolute atomic E-state index is 0.0614. The Morgan fingerprint density at radius 3 is 2.65 bits per heavy atom. The third-order valence-electron chi connectivity index (χ3n) is 4.97. The third-order valence-corrected chi connectivity index (χ3v) is 5.28. The lowest BCUT2D eigenvalue weighted by Crippen LogP contribution is -2.07. The first-order valence-electron chi connectivity index (χ1n) is 9.42. The van der Waals surface area contributed by atoms with E-state index in [0.717, 1.165) is 0 Å². The van der Waals surface area contributed by atoms with E-state index in [-0.39, 0.29) is 10.8 Å². The molecular formula is C22H19ClFN5O2. The van der Waals surface area contributed by atoms with Crippen LogP contribution in [0, 0.1) is 5.82 Å². The SMILES string of the molecule is COc1cc2c(cc1C(C(C)=O)=C(C)N)ncc1nnc(Cc3ccc(Cl)c(F)c3)n12. The Hall–Kier alpha value is -3.52. The van der Waals surface area contributed by atoms with Crippen molar-refractivity contribution in [1.29, 1.82) is 0 Å². The number of carbonyl (C=O) groups excluding carboxylic acids is 1. The number of nitrogens with zero attached hydrogens (tertiary/aromatic N) is 4. The standard InChI is InChI=1S/C22H19ClFN5O2/c1-11(25)22(12(2)30)14-8-17-18(9-19(14)31-3)29-20(27-28-21(29)10-26-17)7-13-4-5-15(23)16(24)6-13/h4-6,8-10H,7,25H2,1-3H3. The van der Waals surface area contributed by atoms with Gasteiger partial charge in [-0.3, -0.25) is 14.2 Å². The average Bonchev–Trinajstić information content (AvgIpc) is 3.13. The van der Waals surface area contributed by atoms with Gasteiger partial charge < -0.3 is 10.5 Å². The highest BCUT2D eigenvalue weighted by atomic mass is 35.5. The van der Waals surface area contributed by atoms with Crippen molar-refractivity contribution in [2.75, 3.05) is 7.11 Å². The number of ketones is 1. The number of allylic oxidation sites excluding steroid dienone is 2. The number of methoxy groups -OCH3 is 1. The summed E-state index contributed by atoms with van der Waals surface area (Å²) in [6, 6.07) is 8.15. The molecule has 2 aromatic carbocycles. The van der Waals surface area contributed by atoms with Crippen molar-refractivity contribution in [2.45, 2.75) is 20.3 Å². The molecule has 0 spiro atoms. The molecule has 0 unspecified atom stereocenters. The van der Waals surface area contributed by atoms with E-state index in [4.69, 9.17) is 22.1 Å². The molecule has 31 heavy (non-hydrogen) atoms. The summed E-state index contributed by atoms with van der Waals surface area (Å²) < 4.78 is 21.3. The number of benzene rings is 2. The summed E-state index contributed by atoms with van der Waals surface area (Å²) in [7, 11) is 1.52. The number of aromatic nitrogens is 4. The quantitative estimate of drug-likeness (QED) is 0.473. The van der Waals surface area contributed by atoms with Crippen molar-refractivity contribution in [3.8, 4) is 5.75 Å². The summed E-state index contributed by atoms with van der Waals surface area (Å²) in [6.45, 7) is 3.12. The number of Topliss-reactive ketones (excluding diaryl/α,β-unsaturated/α-hetero) is 1. The molecule has 0 radical (unpaired) electrons. The average molecular weight is 440 g/mol. The Morgan fingerprint density at radius 2 is 2.00 bits per heavy atom. The molecule has 0 amide bonds. The number of carbonyl (C=O) groups is 1. The van der Waals surface area contributed by atoms with Crippen molar-refractivity contribution in [3.05, 3.63) is 70.0 Å². The molecule has 0 atom stereocenters. The van der Waals surface area contributed by atoms with Crippen LogP contribution in [0.4, 0.5) is 4.39 Å². The van der Waals surface area contributed by atoms with Crippen LogP contribution in [0.2, 0.25) is 5.02 Å². The Balaban J connectivity index is 1.93. The van der Waals surface area contributed by atoms with Crippen molar-refractivity contribution in [3.63, 3.8) is 0 Å². The Labute approximate surface area is 182 Å². The summed E-state index contributed by atoms with van der Waals surface area (Å²) in [6.07, 6.45) is 1.92. The van der Waals surface area contributed by atoms with E-state index in [1.165, 1.54) is 26.2 Å². The molecule has 2 aromatic heterocycles. The highest BCUT2D eigenvalue weighted by Crippen LogP contribution is 2.32. The van der Waals surface area contributed by atoms with E-state index < -0.39 is 5.82 Å². The fourth-order valence-corrected chi connectivity index (χ4v) is 3.75. The van der Waals surface area contributed by atoms with Gasteiger partial charge in [0.15, 0.2) is 11.4 Å². The van der Waals surface area contributed by atoms with Crippen LogP contribution in [-0.4, -0.2) is 32.5 Å². The Morgan fingerprint density at radius 1 is 1.23 bits per heavy atom. The summed E-state index contributed by atoms with van der Waals surface area (Å²) in [5.74, 6) is 0.394. The van der Waals surface area contributed by atoms with Crippen molar-refractivity contribution in [2.24, 2.45) is 5.73 Å². The number of ether oxygens (including phenoxy) is 1. The summed E-state index contributed by atoms with van der Waals surface area (Å²) in [4.78, 5) is 16.7. The van der Waals surface area contributed by atoms with Gasteiger partial charge in [0.1, 0.15) is 17.4 Å². The van der Waals surface area contributed by atoms with E-state index in [9.17, 15) is 9.18 Å². The summed E-state index contributed by atoms with van der Waals surface area (Å²) in [5, 5.41) is 8.50. The lowest BCUT2D eigenvalue weighted by molar-refractivity contribution is -0.111. The van der Waals surface area contributed by atoms with Crippen LogP contribution in [0.1, 0.15) is 30.8 Å². The highest BCUT2D eigenvalue weighted by molar-refractivity contribution is 6.30. The molecule has 7 nitrogen and oxygen atoms in total. The molecule has 2 heterocycles. The van der Waals surface area contributed by atoms with Gasteiger partial charge in [-0.15, -0.1) is 10.2 Å². The van der Waals surface area contributed by atoms with Crippen LogP contribution in [-0.2, 0) is 11.2 Å². The molecule has 0 saturated carbocycles. The van der Waals surface area contributed by atoms with Crippen LogP contribution < -0.4 is 10.5 Å². The number of hydrogen-bond acceptors (Lipinski definition) is 6. The highest BCUT2D eigenvalue weighted by Gasteiger charge is 2.19. The van der Waals surface area contributed by atoms with Crippen LogP contribution in [0.3, 0.4) is 0 Å². The zero-order valence-corrected chi connectivity index (χ0v) is 17.9. The fraction of sp³-hybridized carbons (Fsp3) is 0.182. The van der Waals surface area contributed by atoms with Crippen LogP contribution in [0.5, 0.6) is 5.75 Å². The molecule has 0 bridgehead atoms. The van der Waals surface area contributed by atoms with Gasteiger partial charge in [-0.1, -0.05) is 17.7 Å². The Bertz CT molecular complexity index is 1380. The normalized spacial score (nSPS) is 12.3. The van der Waals surface area contributed by atoms with E-state index in [1.807, 2.05) is 4.40 Å². The van der Waals surface area contributed by atoms with Crippen LogP contribution >= 0.6 is 11.6 Å². The van der Waals surface area contributed by atoms with Gasteiger partial charge in [-0.2, -0.15) is 0 Å². The molecule has 0 fully saturated rings. The predicted molar refractivity (Wildman–Crippen MR) is 117 cm³/mol. The van der Waals surface area contributed by atoms with Gasteiger partial charge in [0.2, 0.25) is 0 Å². The first-order chi connectivity index (χ1) is 14.8. The number of nitrogens with two attached hydrogens (primary N) is 1. The van der Waals surface area contributed by atoms with E-state index >= 15 is 0 Å². The zero-order chi connectivity index (χ0) is 22.3. The summed E-state index contributed by atoms with van der Waals surface area (Å²) in [5.41, 5.74) is 9.81. The third kappa shape index (κ3) is 3.70. The largest absolute Gasteiger partial charge is 0.496 e. The van der Waals surface area contributed by atoms with Crippen LogP contribution in [0.25, 0.3) is 22.3 Å². The minimum Gasteiger partial charge on any atom is -0.496 e. The second-order valence-electron chi connectivity index (χ2n) is 7.15. The number of hydrogen-bond donors (Lipinski definition) is 1. The zero-order valence-electron chi connectivity index (χ0n) is 17.1. The first-order valence-corrected chi connectivity index (χ1v) is 9.80. The maximum absolute atomic E-state index is 13.9. The minimum atomic E-state index is -0.494. The van der Waals surface area contributed by atoms with E-state index in [0.29, 0.717) is 57.1 Å². The maximum atomic E-state index is 13.9. The molecular weight excluding hydrogens is 421 g/mol. The van der Waals surface area contributed by atoms with Crippen molar-refractivity contribution < 1.29 is 13.9 Å². The van der Waals surface area contributed by atoms with E-state index in [2.05, 4.69) is 15.2 Å². The van der Waals surface area contributed by atoms with Gasteiger partial charge in [-0.25, -0.2) is 4.39 Å². The van der Waals surface area contributed by atoms with Gasteiger partial charge in [0, 0.05) is 29.3 Å². The second kappa shape index (κ2) is 7.96. The molecule has 0 saturated heterocycles. The lowest BCUT2D eigenvalue weighted by atomic mass is 9.99. The summed E-state index contributed by atoms with van der Waals surface area (Å²) >= 11 is 5.79. The van der Waals surface area contributed by atoms with Gasteiger partial charge >= 0.3 is 0 Å². The molecule has 4 rings (SSSR count). The molecule has 2 N–H and O–H groups in total. The predicted octanol–water partition coefficient (Wildman–Crippen LogP) is 3.95. The topological polar surface area (TPSA) is 95.4 Å². The monoisotopic (exact) mass is 439 g/mol. The van der Waals surface area contributed by atoms with Crippen molar-refractivity contribution in [1.82, 2.24) is 19.6 Å². The first kappa shape index (κ1) is 20.7. The number of rotatable bonds is 5.